The van der Waals surface area contributed by atoms with Gasteiger partial charge < -0.3 is 9.80 Å². The minimum Gasteiger partial charge on any atom is -0.345 e. The highest BCUT2D eigenvalue weighted by atomic mass is 35.5. The van der Waals surface area contributed by atoms with Crippen LogP contribution in [0.15, 0.2) is 29.6 Å². The molecule has 0 N–H and O–H groups in total. The Hall–Kier alpha value is -1.59. The summed E-state index contributed by atoms with van der Waals surface area (Å²) >= 11 is 7.63. The molecule has 6 heteroatoms. The predicted molar refractivity (Wildman–Crippen MR) is 90.8 cm³/mol. The Bertz CT molecular complexity index is 665. The van der Waals surface area contributed by atoms with Crippen molar-refractivity contribution in [1.82, 2.24) is 9.88 Å². The number of halogens is 1. The van der Waals surface area contributed by atoms with Crippen LogP contribution in [0.25, 0.3) is 0 Å². The zero-order chi connectivity index (χ0) is 15.5. The van der Waals surface area contributed by atoms with Crippen LogP contribution in [0.4, 0.5) is 5.13 Å². The first-order valence-electron chi connectivity index (χ1n) is 7.31. The molecule has 4 nitrogen and oxygen atoms in total. The van der Waals surface area contributed by atoms with Gasteiger partial charge in [-0.1, -0.05) is 23.7 Å². The van der Waals surface area contributed by atoms with Crippen molar-refractivity contribution in [2.75, 3.05) is 31.1 Å². The molecule has 0 unspecified atom stereocenters. The molecule has 1 saturated heterocycles. The molecule has 116 valence electrons. The number of hydrogen-bond acceptors (Lipinski definition) is 4. The summed E-state index contributed by atoms with van der Waals surface area (Å²) in [5.41, 5.74) is 2.02. The fourth-order valence-corrected chi connectivity index (χ4v) is 3.64. The van der Waals surface area contributed by atoms with Crippen LogP contribution >= 0.6 is 22.9 Å². The molecule has 2 heterocycles. The SMILES string of the molecule is Cc1csc(N2CCN(C(=O)Cc3cccc(Cl)c3)CC2)n1. The van der Waals surface area contributed by atoms with Crippen molar-refractivity contribution in [2.24, 2.45) is 0 Å². The van der Waals surface area contributed by atoms with Gasteiger partial charge in [0.1, 0.15) is 0 Å². The van der Waals surface area contributed by atoms with E-state index in [-0.39, 0.29) is 5.91 Å². The Morgan fingerprint density at radius 3 is 2.73 bits per heavy atom. The van der Waals surface area contributed by atoms with Gasteiger partial charge in [0.25, 0.3) is 0 Å². The van der Waals surface area contributed by atoms with Crippen molar-refractivity contribution in [2.45, 2.75) is 13.3 Å². The smallest absolute Gasteiger partial charge is 0.227 e. The highest BCUT2D eigenvalue weighted by Crippen LogP contribution is 2.21. The number of benzene rings is 1. The fourth-order valence-electron chi connectivity index (χ4n) is 2.57. The largest absolute Gasteiger partial charge is 0.345 e. The first kappa shape index (κ1) is 15.3. The van der Waals surface area contributed by atoms with E-state index in [0.29, 0.717) is 11.4 Å². The minimum atomic E-state index is 0.164. The molecule has 0 bridgehead atoms. The highest BCUT2D eigenvalue weighted by molar-refractivity contribution is 7.13. The third-order valence-electron chi connectivity index (χ3n) is 3.75. The van der Waals surface area contributed by atoms with E-state index in [0.717, 1.165) is 42.6 Å². The first-order valence-corrected chi connectivity index (χ1v) is 8.57. The lowest BCUT2D eigenvalue weighted by Crippen LogP contribution is -2.49. The molecule has 1 fully saturated rings. The van der Waals surface area contributed by atoms with Crippen molar-refractivity contribution in [3.8, 4) is 0 Å². The van der Waals surface area contributed by atoms with Gasteiger partial charge in [-0.25, -0.2) is 4.98 Å². The van der Waals surface area contributed by atoms with E-state index >= 15 is 0 Å². The molecule has 3 rings (SSSR count). The monoisotopic (exact) mass is 335 g/mol. The first-order chi connectivity index (χ1) is 10.6. The molecule has 22 heavy (non-hydrogen) atoms. The van der Waals surface area contributed by atoms with Crippen LogP contribution in [0.2, 0.25) is 5.02 Å². The van der Waals surface area contributed by atoms with Crippen molar-refractivity contribution in [3.63, 3.8) is 0 Å². The summed E-state index contributed by atoms with van der Waals surface area (Å²) in [4.78, 5) is 21.1. The number of aromatic nitrogens is 1. The average Bonchev–Trinajstić information content (AvgIpc) is 2.94. The third-order valence-corrected chi connectivity index (χ3v) is 5.01. The zero-order valence-electron chi connectivity index (χ0n) is 12.5. The normalized spacial score (nSPS) is 15.2. The highest BCUT2D eigenvalue weighted by Gasteiger charge is 2.22. The maximum Gasteiger partial charge on any atom is 0.227 e. The van der Waals surface area contributed by atoms with Crippen molar-refractivity contribution in [3.05, 3.63) is 45.9 Å². The molecule has 0 spiro atoms. The topological polar surface area (TPSA) is 36.4 Å². The third kappa shape index (κ3) is 3.59. The molecule has 0 atom stereocenters. The van der Waals surface area contributed by atoms with Crippen LogP contribution in [0.5, 0.6) is 0 Å². The lowest BCUT2D eigenvalue weighted by Gasteiger charge is -2.34. The second-order valence-electron chi connectivity index (χ2n) is 5.45. The van der Waals surface area contributed by atoms with Crippen LogP contribution < -0.4 is 4.90 Å². The maximum absolute atomic E-state index is 12.4. The van der Waals surface area contributed by atoms with Crippen LogP contribution in [0.1, 0.15) is 11.3 Å². The summed E-state index contributed by atoms with van der Waals surface area (Å²) in [5, 5.41) is 3.79. The van der Waals surface area contributed by atoms with Crippen LogP contribution in [0.3, 0.4) is 0 Å². The molecule has 0 radical (unpaired) electrons. The lowest BCUT2D eigenvalue weighted by atomic mass is 10.1. The molecule has 2 aromatic rings. The van der Waals surface area contributed by atoms with Crippen molar-refractivity contribution < 1.29 is 4.79 Å². The zero-order valence-corrected chi connectivity index (χ0v) is 14.0. The number of aryl methyl sites for hydroxylation is 1. The summed E-state index contributed by atoms with van der Waals surface area (Å²) < 4.78 is 0. The van der Waals surface area contributed by atoms with Gasteiger partial charge in [-0.05, 0) is 24.6 Å². The van der Waals surface area contributed by atoms with Gasteiger partial charge in [0, 0.05) is 36.6 Å². The summed E-state index contributed by atoms with van der Waals surface area (Å²) in [6, 6.07) is 7.50. The summed E-state index contributed by atoms with van der Waals surface area (Å²) in [7, 11) is 0. The van der Waals surface area contributed by atoms with Gasteiger partial charge in [0.15, 0.2) is 5.13 Å². The standard InChI is InChI=1S/C16H18ClN3OS/c1-12-11-22-16(18-12)20-7-5-19(6-8-20)15(21)10-13-3-2-4-14(17)9-13/h2-4,9,11H,5-8,10H2,1H3. The average molecular weight is 336 g/mol. The Morgan fingerprint density at radius 1 is 1.32 bits per heavy atom. The van der Waals surface area contributed by atoms with Crippen LogP contribution in [-0.4, -0.2) is 42.0 Å². The maximum atomic E-state index is 12.4. The molecule has 1 aliphatic rings. The van der Waals surface area contributed by atoms with E-state index in [9.17, 15) is 4.79 Å². The van der Waals surface area contributed by atoms with Crippen LogP contribution in [0, 0.1) is 6.92 Å². The van der Waals surface area contributed by atoms with Gasteiger partial charge in [-0.3, -0.25) is 4.79 Å². The quantitative estimate of drug-likeness (QED) is 0.865. The summed E-state index contributed by atoms with van der Waals surface area (Å²) in [5.74, 6) is 0.164. The number of carbonyl (C=O) groups is 1. The van der Waals surface area contributed by atoms with E-state index < -0.39 is 0 Å². The van der Waals surface area contributed by atoms with Crippen molar-refractivity contribution in [1.29, 1.82) is 0 Å². The van der Waals surface area contributed by atoms with E-state index in [1.807, 2.05) is 36.1 Å². The Morgan fingerprint density at radius 2 is 2.09 bits per heavy atom. The Balaban J connectivity index is 1.55. The molecule has 1 amide bonds. The fraction of sp³-hybridized carbons (Fsp3) is 0.375. The van der Waals surface area contributed by atoms with Gasteiger partial charge in [0.2, 0.25) is 5.91 Å². The number of carbonyl (C=O) groups excluding carboxylic acids is 1. The molecular weight excluding hydrogens is 318 g/mol. The second kappa shape index (κ2) is 6.67. The van der Waals surface area contributed by atoms with Crippen molar-refractivity contribution >= 4 is 34.0 Å². The predicted octanol–water partition coefficient (Wildman–Crippen LogP) is 3.00. The van der Waals surface area contributed by atoms with Gasteiger partial charge in [-0.15, -0.1) is 11.3 Å². The summed E-state index contributed by atoms with van der Waals surface area (Å²) in [6.45, 7) is 5.18. The number of thiazole rings is 1. The number of amides is 1. The number of hydrogen-bond donors (Lipinski definition) is 0. The number of nitrogens with zero attached hydrogens (tertiary/aromatic N) is 3. The Kier molecular flexibility index (Phi) is 4.64. The molecule has 1 aromatic carbocycles. The summed E-state index contributed by atoms with van der Waals surface area (Å²) in [6.07, 6.45) is 0.414. The molecular formula is C16H18ClN3OS. The van der Waals surface area contributed by atoms with Gasteiger partial charge in [-0.2, -0.15) is 0 Å². The van der Waals surface area contributed by atoms with Crippen LogP contribution in [-0.2, 0) is 11.2 Å². The van der Waals surface area contributed by atoms with E-state index in [1.54, 1.807) is 11.3 Å². The molecule has 0 saturated carbocycles. The van der Waals surface area contributed by atoms with E-state index in [4.69, 9.17) is 11.6 Å². The number of anilines is 1. The molecule has 0 aliphatic carbocycles. The molecule has 1 aromatic heterocycles. The van der Waals surface area contributed by atoms with E-state index in [1.165, 1.54) is 0 Å². The van der Waals surface area contributed by atoms with Gasteiger partial charge in [0.05, 0.1) is 12.1 Å². The number of piperazine rings is 1. The van der Waals surface area contributed by atoms with E-state index in [2.05, 4.69) is 15.3 Å². The molecule has 1 aliphatic heterocycles. The second-order valence-corrected chi connectivity index (χ2v) is 6.72. The lowest BCUT2D eigenvalue weighted by molar-refractivity contribution is -0.130. The Labute approximate surface area is 139 Å². The number of rotatable bonds is 3. The van der Waals surface area contributed by atoms with Gasteiger partial charge >= 0.3 is 0 Å². The minimum absolute atomic E-state index is 0.164.